The molecule has 0 bridgehead atoms. The summed E-state index contributed by atoms with van der Waals surface area (Å²) in [5, 5.41) is 8.04. The average molecular weight is 467 g/mol. The monoisotopic (exact) mass is 467 g/mol. The zero-order valence-corrected chi connectivity index (χ0v) is 12.7. The molecule has 1 aromatic carbocycles. The van der Waals surface area contributed by atoms with E-state index in [4.69, 9.17) is 11.1 Å². The van der Waals surface area contributed by atoms with E-state index in [9.17, 15) is 0 Å². The van der Waals surface area contributed by atoms with E-state index in [2.05, 4.69) is 20.9 Å². The molecule has 0 atom stereocenters. The van der Waals surface area contributed by atoms with Gasteiger partial charge in [0, 0.05) is 42.5 Å². The van der Waals surface area contributed by atoms with Gasteiger partial charge in [0.05, 0.1) is 5.71 Å². The number of halogens is 1. The first-order valence-electron chi connectivity index (χ1n) is 4.69. The molecule has 89 valence electrons. The van der Waals surface area contributed by atoms with Gasteiger partial charge in [-0.1, -0.05) is 22.0 Å². The van der Waals surface area contributed by atoms with Crippen molar-refractivity contribution in [2.75, 3.05) is 0 Å². The van der Waals surface area contributed by atoms with E-state index in [1.807, 2.05) is 0 Å². The Labute approximate surface area is 121 Å². The van der Waals surface area contributed by atoms with Crippen LogP contribution in [0.15, 0.2) is 47.2 Å². The molecule has 5 heteroatoms. The molecule has 2 aromatic rings. The molecule has 1 aromatic heterocycles. The molecule has 2 rings (SSSR count). The summed E-state index contributed by atoms with van der Waals surface area (Å²) in [4.78, 5) is 3.91. The second-order valence-corrected chi connectivity index (χ2v) is 4.22. The van der Waals surface area contributed by atoms with E-state index in [1.54, 1.807) is 42.7 Å². The van der Waals surface area contributed by atoms with Crippen molar-refractivity contribution in [3.8, 4) is 0 Å². The van der Waals surface area contributed by atoms with Crippen molar-refractivity contribution in [2.24, 2.45) is 0 Å². The first kappa shape index (κ1) is 14.0. The third-order valence-electron chi connectivity index (χ3n) is 2.22. The predicted molar refractivity (Wildman–Crippen MR) is 68.3 cm³/mol. The summed E-state index contributed by atoms with van der Waals surface area (Å²) in [5.74, 6) is 0. The Morgan fingerprint density at radius 2 is 1.82 bits per heavy atom. The van der Waals surface area contributed by atoms with E-state index >= 15 is 0 Å². The van der Waals surface area contributed by atoms with Gasteiger partial charge in [0.2, 0.25) is 0 Å². The minimum Gasteiger partial charge on any atom is -0.698 e. The van der Waals surface area contributed by atoms with E-state index in [1.165, 1.54) is 0 Å². The zero-order chi connectivity index (χ0) is 11.5. The van der Waals surface area contributed by atoms with Crippen LogP contribution in [-0.2, 0) is 20.1 Å². The van der Waals surface area contributed by atoms with E-state index in [0.29, 0.717) is 17.0 Å². The minimum absolute atomic E-state index is 0. The molecule has 0 aliphatic rings. The summed E-state index contributed by atoms with van der Waals surface area (Å²) in [6.07, 6.45) is 3.29. The molecule has 0 aliphatic carbocycles. The molecule has 2 N–H and O–H groups in total. The van der Waals surface area contributed by atoms with Crippen molar-refractivity contribution in [2.45, 2.75) is 0 Å². The number of hydrogen-bond donors (Lipinski definition) is 1. The quantitative estimate of drug-likeness (QED) is 0.669. The molecule has 0 aliphatic heterocycles. The van der Waals surface area contributed by atoms with Gasteiger partial charge in [0.1, 0.15) is 0 Å². The fraction of sp³-hybridized carbons (Fsp3) is 0. The molecule has 1 radical (unpaired) electrons. The molecular weight excluding hydrogens is 458 g/mol. The number of aromatic nitrogens is 1. The third-order valence-corrected chi connectivity index (χ3v) is 2.71. The van der Waals surface area contributed by atoms with Crippen LogP contribution < -0.4 is 0 Å². The number of benzene rings is 1. The standard InChI is InChI=1S/C12H9BrN3.Ir/c13-9-1-2-11(14)10(7-9)12(15)8-3-5-16-6-4-8;/h1-7,14-15H;/q-1;. The van der Waals surface area contributed by atoms with Crippen LogP contribution in [0.5, 0.6) is 0 Å². The van der Waals surface area contributed by atoms with Crippen LogP contribution in [0.25, 0.3) is 5.73 Å². The third kappa shape index (κ3) is 3.22. The Morgan fingerprint density at radius 3 is 2.47 bits per heavy atom. The van der Waals surface area contributed by atoms with Gasteiger partial charge < -0.3 is 5.73 Å². The largest absolute Gasteiger partial charge is 0.698 e. The summed E-state index contributed by atoms with van der Waals surface area (Å²) in [6.45, 7) is 0. The summed E-state index contributed by atoms with van der Waals surface area (Å²) in [7, 11) is 0. The van der Waals surface area contributed by atoms with Crippen molar-refractivity contribution < 1.29 is 20.1 Å². The normalized spacial score (nSPS) is 9.47. The molecule has 1 heterocycles. The number of hydrogen-bond acceptors (Lipinski definition) is 2. The van der Waals surface area contributed by atoms with Crippen LogP contribution in [0.4, 0.5) is 5.69 Å². The molecule has 3 nitrogen and oxygen atoms in total. The molecule has 0 saturated heterocycles. The van der Waals surface area contributed by atoms with Crippen LogP contribution in [0.3, 0.4) is 0 Å². The minimum atomic E-state index is 0. The molecule has 0 saturated carbocycles. The molecule has 17 heavy (non-hydrogen) atoms. The maximum atomic E-state index is 8.04. The first-order valence-corrected chi connectivity index (χ1v) is 5.48. The smallest absolute Gasteiger partial charge is 0.0673 e. The topological polar surface area (TPSA) is 60.5 Å². The number of nitrogens with zero attached hydrogens (tertiary/aromatic N) is 1. The summed E-state index contributed by atoms with van der Waals surface area (Å²) < 4.78 is 0.873. The molecule has 0 spiro atoms. The van der Waals surface area contributed by atoms with Crippen LogP contribution in [0, 0.1) is 5.41 Å². The van der Waals surface area contributed by atoms with Gasteiger partial charge in [-0.15, -0.1) is 5.69 Å². The van der Waals surface area contributed by atoms with Crippen LogP contribution in [-0.4, -0.2) is 10.7 Å². The van der Waals surface area contributed by atoms with Gasteiger partial charge in [-0.05, 0) is 29.8 Å². The molecule has 0 unspecified atom stereocenters. The number of nitrogens with one attached hydrogen (secondary N) is 2. The second-order valence-electron chi connectivity index (χ2n) is 3.30. The maximum absolute atomic E-state index is 8.04. The average Bonchev–Trinajstić information content (AvgIpc) is 2.32. The van der Waals surface area contributed by atoms with Crippen molar-refractivity contribution in [3.05, 3.63) is 64.1 Å². The Balaban J connectivity index is 0.00000144. The predicted octanol–water partition coefficient (Wildman–Crippen LogP) is 3.94. The first-order chi connectivity index (χ1) is 7.68. The summed E-state index contributed by atoms with van der Waals surface area (Å²) in [5.41, 5.74) is 9.84. The fourth-order valence-electron chi connectivity index (χ4n) is 1.40. The van der Waals surface area contributed by atoms with E-state index < -0.39 is 0 Å². The Kier molecular flexibility index (Phi) is 5.00. The van der Waals surface area contributed by atoms with Crippen LogP contribution in [0.2, 0.25) is 0 Å². The molecular formula is C12H9BrIrN3-. The Bertz CT molecular complexity index is 529. The summed E-state index contributed by atoms with van der Waals surface area (Å²) in [6, 6.07) is 8.79. The Hall–Kier alpha value is -1.03. The van der Waals surface area contributed by atoms with Crippen molar-refractivity contribution >= 4 is 27.3 Å². The van der Waals surface area contributed by atoms with Gasteiger partial charge in [-0.2, -0.15) is 0 Å². The van der Waals surface area contributed by atoms with Gasteiger partial charge in [0.15, 0.2) is 0 Å². The van der Waals surface area contributed by atoms with Gasteiger partial charge in [-0.3, -0.25) is 10.4 Å². The fourth-order valence-corrected chi connectivity index (χ4v) is 1.76. The van der Waals surface area contributed by atoms with E-state index in [0.717, 1.165) is 10.0 Å². The van der Waals surface area contributed by atoms with Gasteiger partial charge in [0.25, 0.3) is 0 Å². The number of pyridine rings is 1. The molecule has 0 fully saturated rings. The van der Waals surface area contributed by atoms with Crippen molar-refractivity contribution in [1.82, 2.24) is 4.98 Å². The molecule has 0 amide bonds. The van der Waals surface area contributed by atoms with Gasteiger partial charge >= 0.3 is 0 Å². The zero-order valence-electron chi connectivity index (χ0n) is 8.70. The van der Waals surface area contributed by atoms with Crippen LogP contribution in [0.1, 0.15) is 11.1 Å². The second kappa shape index (κ2) is 6.05. The summed E-state index contributed by atoms with van der Waals surface area (Å²) >= 11 is 3.34. The van der Waals surface area contributed by atoms with E-state index in [-0.39, 0.29) is 20.1 Å². The Morgan fingerprint density at radius 1 is 1.18 bits per heavy atom. The van der Waals surface area contributed by atoms with Crippen LogP contribution >= 0.6 is 15.9 Å². The SMILES string of the molecule is N=C(c1ccncc1)c1cc(Br)ccc1[NH-].[Ir]. The van der Waals surface area contributed by atoms with Crippen molar-refractivity contribution in [1.29, 1.82) is 5.41 Å². The van der Waals surface area contributed by atoms with Gasteiger partial charge in [-0.25, -0.2) is 0 Å². The maximum Gasteiger partial charge on any atom is 0.0673 e. The number of rotatable bonds is 2. The van der Waals surface area contributed by atoms with Crippen molar-refractivity contribution in [3.63, 3.8) is 0 Å².